The fourth-order valence-electron chi connectivity index (χ4n) is 1.88. The average molecular weight is 216 g/mol. The lowest BCUT2D eigenvalue weighted by Crippen LogP contribution is -2.10. The van der Waals surface area contributed by atoms with Gasteiger partial charge in [0.1, 0.15) is 0 Å². The molecule has 0 saturated carbocycles. The van der Waals surface area contributed by atoms with Crippen molar-refractivity contribution in [3.05, 3.63) is 53.3 Å². The van der Waals surface area contributed by atoms with Gasteiger partial charge in [-0.3, -0.25) is 4.68 Å². The van der Waals surface area contributed by atoms with Crippen LogP contribution in [0, 0.1) is 13.8 Å². The molecule has 16 heavy (non-hydrogen) atoms. The summed E-state index contributed by atoms with van der Waals surface area (Å²) in [5.74, 6) is 0. The largest absolute Gasteiger partial charge is 0.386 e. The molecule has 84 valence electrons. The van der Waals surface area contributed by atoms with Crippen LogP contribution in [0.4, 0.5) is 0 Å². The molecule has 2 aromatic rings. The minimum atomic E-state index is -0.500. The second-order valence-electron chi connectivity index (χ2n) is 4.10. The van der Waals surface area contributed by atoms with Gasteiger partial charge in [-0.2, -0.15) is 5.10 Å². The summed E-state index contributed by atoms with van der Waals surface area (Å²) in [7, 11) is 0. The van der Waals surface area contributed by atoms with E-state index >= 15 is 0 Å². The molecule has 0 aliphatic heterocycles. The molecule has 1 atom stereocenters. The first-order valence-electron chi connectivity index (χ1n) is 5.39. The Bertz CT molecular complexity index is 463. The number of nitrogens with zero attached hydrogens (tertiary/aromatic N) is 2. The van der Waals surface area contributed by atoms with E-state index in [1.54, 1.807) is 10.9 Å². The van der Waals surface area contributed by atoms with Gasteiger partial charge in [0.05, 0.1) is 12.6 Å². The maximum absolute atomic E-state index is 10.1. The van der Waals surface area contributed by atoms with Crippen LogP contribution in [-0.4, -0.2) is 14.9 Å². The molecule has 1 aromatic carbocycles. The van der Waals surface area contributed by atoms with Gasteiger partial charge >= 0.3 is 0 Å². The fraction of sp³-hybridized carbons (Fsp3) is 0.308. The first-order chi connectivity index (χ1) is 7.66. The molecular formula is C13H16N2O. The van der Waals surface area contributed by atoms with Gasteiger partial charge in [0.2, 0.25) is 0 Å². The molecule has 0 saturated heterocycles. The summed E-state index contributed by atoms with van der Waals surface area (Å²) in [5, 5.41) is 14.2. The van der Waals surface area contributed by atoms with Crippen molar-refractivity contribution in [1.82, 2.24) is 9.78 Å². The maximum Gasteiger partial charge on any atom is 0.0988 e. The summed E-state index contributed by atoms with van der Waals surface area (Å²) in [6.07, 6.45) is 3.07. The Morgan fingerprint density at radius 1 is 1.38 bits per heavy atom. The van der Waals surface area contributed by atoms with Crippen LogP contribution in [0.1, 0.15) is 22.8 Å². The zero-order valence-electron chi connectivity index (χ0n) is 9.59. The summed E-state index contributed by atoms with van der Waals surface area (Å²) in [6, 6.07) is 7.95. The highest BCUT2D eigenvalue weighted by Crippen LogP contribution is 2.20. The Hall–Kier alpha value is -1.61. The molecule has 0 spiro atoms. The molecule has 1 aromatic heterocycles. The summed E-state index contributed by atoms with van der Waals surface area (Å²) in [6.45, 7) is 4.57. The van der Waals surface area contributed by atoms with Crippen LogP contribution in [0.5, 0.6) is 0 Å². The third kappa shape index (κ3) is 2.31. The van der Waals surface area contributed by atoms with E-state index in [2.05, 4.69) is 18.1 Å². The van der Waals surface area contributed by atoms with Crippen LogP contribution in [0.3, 0.4) is 0 Å². The van der Waals surface area contributed by atoms with Crippen LogP contribution >= 0.6 is 0 Å². The second-order valence-corrected chi connectivity index (χ2v) is 4.10. The van der Waals surface area contributed by atoms with Gasteiger partial charge in [-0.25, -0.2) is 0 Å². The van der Waals surface area contributed by atoms with Gasteiger partial charge in [-0.1, -0.05) is 23.8 Å². The Labute approximate surface area is 95.3 Å². The van der Waals surface area contributed by atoms with Crippen LogP contribution in [0.15, 0.2) is 36.7 Å². The van der Waals surface area contributed by atoms with E-state index in [0.717, 1.165) is 11.1 Å². The van der Waals surface area contributed by atoms with Crippen LogP contribution in [0.25, 0.3) is 0 Å². The Morgan fingerprint density at radius 3 is 2.81 bits per heavy atom. The number of aromatic nitrogens is 2. The van der Waals surface area contributed by atoms with Crippen molar-refractivity contribution in [2.45, 2.75) is 26.5 Å². The molecule has 3 nitrogen and oxygen atoms in total. The number of hydrogen-bond acceptors (Lipinski definition) is 2. The van der Waals surface area contributed by atoms with Crippen molar-refractivity contribution < 1.29 is 5.11 Å². The highest BCUT2D eigenvalue weighted by Gasteiger charge is 2.10. The third-order valence-electron chi connectivity index (χ3n) is 2.70. The molecule has 1 heterocycles. The third-order valence-corrected chi connectivity index (χ3v) is 2.70. The second kappa shape index (κ2) is 4.49. The summed E-state index contributed by atoms with van der Waals surface area (Å²) in [4.78, 5) is 0. The molecule has 1 unspecified atom stereocenters. The minimum Gasteiger partial charge on any atom is -0.386 e. The zero-order chi connectivity index (χ0) is 11.5. The predicted molar refractivity (Wildman–Crippen MR) is 63.1 cm³/mol. The summed E-state index contributed by atoms with van der Waals surface area (Å²) in [5.41, 5.74) is 3.31. The van der Waals surface area contributed by atoms with Crippen LogP contribution in [-0.2, 0) is 6.54 Å². The van der Waals surface area contributed by atoms with Crippen molar-refractivity contribution >= 4 is 0 Å². The number of aryl methyl sites for hydroxylation is 2. The molecule has 2 rings (SSSR count). The van der Waals surface area contributed by atoms with E-state index in [9.17, 15) is 5.11 Å². The highest BCUT2D eigenvalue weighted by atomic mass is 16.3. The molecule has 0 fully saturated rings. The van der Waals surface area contributed by atoms with Crippen molar-refractivity contribution in [3.63, 3.8) is 0 Å². The molecule has 0 aliphatic rings. The molecule has 1 N–H and O–H groups in total. The maximum atomic E-state index is 10.1. The van der Waals surface area contributed by atoms with Gasteiger partial charge in [0.15, 0.2) is 0 Å². The number of hydrogen-bond donors (Lipinski definition) is 1. The SMILES string of the molecule is Cc1ccc(C(O)Cn2cccn2)c(C)c1. The van der Waals surface area contributed by atoms with Crippen molar-refractivity contribution in [3.8, 4) is 0 Å². The van der Waals surface area contributed by atoms with Crippen molar-refractivity contribution in [2.75, 3.05) is 0 Å². The first-order valence-corrected chi connectivity index (χ1v) is 5.39. The number of aliphatic hydroxyl groups is 1. The van der Waals surface area contributed by atoms with E-state index in [-0.39, 0.29) is 0 Å². The number of rotatable bonds is 3. The van der Waals surface area contributed by atoms with Gasteiger partial charge in [0, 0.05) is 12.4 Å². The lowest BCUT2D eigenvalue weighted by atomic mass is 10.0. The monoisotopic (exact) mass is 216 g/mol. The number of aliphatic hydroxyl groups excluding tert-OH is 1. The van der Waals surface area contributed by atoms with E-state index in [4.69, 9.17) is 0 Å². The normalized spacial score (nSPS) is 12.7. The topological polar surface area (TPSA) is 38.0 Å². The summed E-state index contributed by atoms with van der Waals surface area (Å²) >= 11 is 0. The fourth-order valence-corrected chi connectivity index (χ4v) is 1.88. The van der Waals surface area contributed by atoms with Gasteiger partial charge in [0.25, 0.3) is 0 Å². The Balaban J connectivity index is 2.17. The van der Waals surface area contributed by atoms with Gasteiger partial charge < -0.3 is 5.11 Å². The van der Waals surface area contributed by atoms with E-state index in [0.29, 0.717) is 6.54 Å². The zero-order valence-corrected chi connectivity index (χ0v) is 9.59. The predicted octanol–water partition coefficient (Wildman–Crippen LogP) is 2.23. The average Bonchev–Trinajstić information content (AvgIpc) is 2.70. The lowest BCUT2D eigenvalue weighted by Gasteiger charge is -2.14. The smallest absolute Gasteiger partial charge is 0.0988 e. The van der Waals surface area contributed by atoms with E-state index in [1.165, 1.54) is 5.56 Å². The molecule has 0 radical (unpaired) electrons. The quantitative estimate of drug-likeness (QED) is 0.854. The minimum absolute atomic E-state index is 0.497. The van der Waals surface area contributed by atoms with Gasteiger partial charge in [-0.05, 0) is 31.0 Å². The standard InChI is InChI=1S/C13H16N2O/c1-10-4-5-12(11(2)8-10)13(16)9-15-7-3-6-14-15/h3-8,13,16H,9H2,1-2H3. The molecule has 0 aliphatic carbocycles. The van der Waals surface area contributed by atoms with Crippen LogP contribution < -0.4 is 0 Å². The molecule has 0 amide bonds. The van der Waals surface area contributed by atoms with E-state index in [1.807, 2.05) is 31.3 Å². The van der Waals surface area contributed by atoms with Crippen molar-refractivity contribution in [1.29, 1.82) is 0 Å². The Kier molecular flexibility index (Phi) is 3.06. The molecule has 3 heteroatoms. The molecular weight excluding hydrogens is 200 g/mol. The Morgan fingerprint density at radius 2 is 2.19 bits per heavy atom. The van der Waals surface area contributed by atoms with E-state index < -0.39 is 6.10 Å². The number of benzene rings is 1. The molecule has 0 bridgehead atoms. The highest BCUT2D eigenvalue weighted by molar-refractivity contribution is 5.31. The lowest BCUT2D eigenvalue weighted by molar-refractivity contribution is 0.151. The van der Waals surface area contributed by atoms with Gasteiger partial charge in [-0.15, -0.1) is 0 Å². The summed E-state index contributed by atoms with van der Waals surface area (Å²) < 4.78 is 1.74. The first kappa shape index (κ1) is 10.9. The van der Waals surface area contributed by atoms with Crippen molar-refractivity contribution in [2.24, 2.45) is 0 Å². The van der Waals surface area contributed by atoms with Crippen LogP contribution in [0.2, 0.25) is 0 Å².